The minimum Gasteiger partial charge on any atom is -0.372 e. The molecule has 0 saturated carbocycles. The van der Waals surface area contributed by atoms with Gasteiger partial charge in [0.25, 0.3) is 5.91 Å². The van der Waals surface area contributed by atoms with Gasteiger partial charge in [0, 0.05) is 37.1 Å². The Balaban J connectivity index is 1.53. The maximum absolute atomic E-state index is 13.0. The van der Waals surface area contributed by atoms with Crippen LogP contribution in [0.25, 0.3) is 0 Å². The van der Waals surface area contributed by atoms with Crippen LogP contribution >= 0.6 is 0 Å². The fourth-order valence-electron chi connectivity index (χ4n) is 3.93. The van der Waals surface area contributed by atoms with Crippen LogP contribution in [0, 0.1) is 6.92 Å². The number of anilines is 1. The molecule has 2 aliphatic heterocycles. The van der Waals surface area contributed by atoms with Gasteiger partial charge >= 0.3 is 0 Å². The third-order valence-electron chi connectivity index (χ3n) is 5.24. The summed E-state index contributed by atoms with van der Waals surface area (Å²) in [5.41, 5.74) is 2.94. The van der Waals surface area contributed by atoms with E-state index in [4.69, 9.17) is 0 Å². The van der Waals surface area contributed by atoms with Crippen LogP contribution in [0.5, 0.6) is 0 Å². The first kappa shape index (κ1) is 16.1. The highest BCUT2D eigenvalue weighted by molar-refractivity contribution is 5.95. The van der Waals surface area contributed by atoms with E-state index in [2.05, 4.69) is 27.0 Å². The number of hydrogen-bond donors (Lipinski definition) is 0. The third kappa shape index (κ3) is 3.23. The lowest BCUT2D eigenvalue weighted by Crippen LogP contribution is -2.31. The van der Waals surface area contributed by atoms with Crippen LogP contribution in [0.1, 0.15) is 53.6 Å². The number of benzene rings is 1. The lowest BCUT2D eigenvalue weighted by atomic mass is 10.1. The molecule has 1 atom stereocenters. The van der Waals surface area contributed by atoms with Gasteiger partial charge in [0.15, 0.2) is 0 Å². The van der Waals surface area contributed by atoms with Crippen LogP contribution in [0.2, 0.25) is 0 Å². The second kappa shape index (κ2) is 6.82. The Kier molecular flexibility index (Phi) is 4.38. The van der Waals surface area contributed by atoms with Crippen LogP contribution in [-0.2, 0) is 0 Å². The van der Waals surface area contributed by atoms with E-state index in [-0.39, 0.29) is 11.9 Å². The van der Waals surface area contributed by atoms with Crippen molar-refractivity contribution in [1.29, 1.82) is 0 Å². The maximum atomic E-state index is 13.0. The Labute approximate surface area is 148 Å². The van der Waals surface area contributed by atoms with Gasteiger partial charge in [-0.3, -0.25) is 4.79 Å². The van der Waals surface area contributed by atoms with Crippen molar-refractivity contribution in [2.24, 2.45) is 0 Å². The van der Waals surface area contributed by atoms with Crippen LogP contribution in [-0.4, -0.2) is 40.4 Å². The SMILES string of the molecule is Cc1nccc([C@@H]2CCCN2C(=O)c2ccc(N3CCCC3)cc2)n1. The second-order valence-corrected chi connectivity index (χ2v) is 6.93. The number of nitrogens with zero attached hydrogens (tertiary/aromatic N) is 4. The molecule has 1 amide bonds. The zero-order valence-electron chi connectivity index (χ0n) is 14.7. The van der Waals surface area contributed by atoms with Crippen molar-refractivity contribution < 1.29 is 4.79 Å². The van der Waals surface area contributed by atoms with Crippen molar-refractivity contribution in [3.05, 3.63) is 53.6 Å². The van der Waals surface area contributed by atoms with Gasteiger partial charge in [-0.2, -0.15) is 0 Å². The molecule has 5 heteroatoms. The van der Waals surface area contributed by atoms with Crippen LogP contribution in [0.4, 0.5) is 5.69 Å². The first-order valence-corrected chi connectivity index (χ1v) is 9.18. The zero-order chi connectivity index (χ0) is 17.2. The molecular weight excluding hydrogens is 312 g/mol. The van der Waals surface area contributed by atoms with Gasteiger partial charge in [-0.1, -0.05) is 0 Å². The Morgan fingerprint density at radius 3 is 2.52 bits per heavy atom. The van der Waals surface area contributed by atoms with E-state index in [0.717, 1.165) is 49.6 Å². The minimum absolute atomic E-state index is 0.0625. The Morgan fingerprint density at radius 2 is 1.80 bits per heavy atom. The lowest BCUT2D eigenvalue weighted by molar-refractivity contribution is 0.0732. The van der Waals surface area contributed by atoms with Crippen molar-refractivity contribution in [1.82, 2.24) is 14.9 Å². The summed E-state index contributed by atoms with van der Waals surface area (Å²) in [4.78, 5) is 26.1. The molecule has 3 heterocycles. The first-order valence-electron chi connectivity index (χ1n) is 9.18. The highest BCUT2D eigenvalue weighted by Crippen LogP contribution is 2.32. The molecule has 0 spiro atoms. The molecule has 0 radical (unpaired) electrons. The predicted octanol–water partition coefficient (Wildman–Crippen LogP) is 3.36. The number of aryl methyl sites for hydroxylation is 1. The average Bonchev–Trinajstić information content (AvgIpc) is 3.33. The summed E-state index contributed by atoms with van der Waals surface area (Å²) in [6, 6.07) is 10.1. The van der Waals surface area contributed by atoms with Gasteiger partial charge in [0.1, 0.15) is 5.82 Å². The van der Waals surface area contributed by atoms with Crippen LogP contribution in [0.3, 0.4) is 0 Å². The van der Waals surface area contributed by atoms with Gasteiger partial charge in [0.05, 0.1) is 11.7 Å². The normalized spacial score (nSPS) is 20.3. The van der Waals surface area contributed by atoms with Crippen molar-refractivity contribution in [2.75, 3.05) is 24.5 Å². The molecule has 0 unspecified atom stereocenters. The molecule has 25 heavy (non-hydrogen) atoms. The van der Waals surface area contributed by atoms with Crippen molar-refractivity contribution in [2.45, 2.75) is 38.6 Å². The summed E-state index contributed by atoms with van der Waals surface area (Å²) in [5.74, 6) is 0.860. The summed E-state index contributed by atoms with van der Waals surface area (Å²) in [6.45, 7) is 4.92. The summed E-state index contributed by atoms with van der Waals surface area (Å²) in [6.07, 6.45) is 6.28. The topological polar surface area (TPSA) is 49.3 Å². The van der Waals surface area contributed by atoms with Crippen LogP contribution in [0.15, 0.2) is 36.5 Å². The quantitative estimate of drug-likeness (QED) is 0.862. The smallest absolute Gasteiger partial charge is 0.254 e. The predicted molar refractivity (Wildman–Crippen MR) is 97.7 cm³/mol. The van der Waals surface area contributed by atoms with Gasteiger partial charge < -0.3 is 9.80 Å². The number of hydrogen-bond acceptors (Lipinski definition) is 4. The molecule has 2 fully saturated rings. The molecule has 2 saturated heterocycles. The van der Waals surface area contributed by atoms with Gasteiger partial charge in [-0.15, -0.1) is 0 Å². The van der Waals surface area contributed by atoms with Crippen molar-refractivity contribution in [3.63, 3.8) is 0 Å². The molecule has 1 aromatic carbocycles. The van der Waals surface area contributed by atoms with E-state index >= 15 is 0 Å². The Bertz CT molecular complexity index is 753. The molecule has 2 aromatic rings. The lowest BCUT2D eigenvalue weighted by Gasteiger charge is -2.25. The largest absolute Gasteiger partial charge is 0.372 e. The number of likely N-dealkylation sites (tertiary alicyclic amines) is 1. The van der Waals surface area contributed by atoms with Gasteiger partial charge in [0.2, 0.25) is 0 Å². The molecule has 1 aromatic heterocycles. The summed E-state index contributed by atoms with van der Waals surface area (Å²) in [5, 5.41) is 0. The highest BCUT2D eigenvalue weighted by atomic mass is 16.2. The first-order chi connectivity index (χ1) is 12.2. The second-order valence-electron chi connectivity index (χ2n) is 6.93. The van der Waals surface area contributed by atoms with Gasteiger partial charge in [-0.05, 0) is 62.9 Å². The molecule has 0 N–H and O–H groups in total. The number of amides is 1. The fourth-order valence-corrected chi connectivity index (χ4v) is 3.93. The minimum atomic E-state index is 0.0625. The van der Waals surface area contributed by atoms with E-state index in [1.165, 1.54) is 18.5 Å². The van der Waals surface area contributed by atoms with E-state index < -0.39 is 0 Å². The number of carbonyl (C=O) groups excluding carboxylic acids is 1. The van der Waals surface area contributed by atoms with Crippen molar-refractivity contribution in [3.8, 4) is 0 Å². The Morgan fingerprint density at radius 1 is 1.04 bits per heavy atom. The molecule has 130 valence electrons. The maximum Gasteiger partial charge on any atom is 0.254 e. The monoisotopic (exact) mass is 336 g/mol. The molecule has 2 aliphatic rings. The fraction of sp³-hybridized carbons (Fsp3) is 0.450. The van der Waals surface area contributed by atoms with Crippen molar-refractivity contribution >= 4 is 11.6 Å². The summed E-state index contributed by atoms with van der Waals surface area (Å²) < 4.78 is 0. The molecule has 5 nitrogen and oxygen atoms in total. The highest BCUT2D eigenvalue weighted by Gasteiger charge is 2.31. The Hall–Kier alpha value is -2.43. The number of aromatic nitrogens is 2. The summed E-state index contributed by atoms with van der Waals surface area (Å²) in [7, 11) is 0. The number of carbonyl (C=O) groups is 1. The van der Waals surface area contributed by atoms with E-state index in [1.807, 2.05) is 30.0 Å². The van der Waals surface area contributed by atoms with Gasteiger partial charge in [-0.25, -0.2) is 9.97 Å². The average molecular weight is 336 g/mol. The molecular formula is C20H24N4O. The number of rotatable bonds is 3. The van der Waals surface area contributed by atoms with E-state index in [0.29, 0.717) is 0 Å². The standard InChI is InChI=1S/C20H24N4O/c1-15-21-11-10-18(22-15)19-5-4-14-24(19)20(25)16-6-8-17(9-7-16)23-12-2-3-13-23/h6-11,19H,2-5,12-14H2,1H3/t19-/m0/s1. The van der Waals surface area contributed by atoms with E-state index in [9.17, 15) is 4.79 Å². The molecule has 0 bridgehead atoms. The molecule has 4 rings (SSSR count). The van der Waals surface area contributed by atoms with E-state index in [1.54, 1.807) is 6.20 Å². The van der Waals surface area contributed by atoms with Crippen LogP contribution < -0.4 is 4.90 Å². The summed E-state index contributed by atoms with van der Waals surface area (Å²) >= 11 is 0. The molecule has 0 aliphatic carbocycles. The third-order valence-corrected chi connectivity index (χ3v) is 5.24. The zero-order valence-corrected chi connectivity index (χ0v) is 14.7.